The highest BCUT2D eigenvalue weighted by molar-refractivity contribution is 8.00. The van der Waals surface area contributed by atoms with Gasteiger partial charge in [0.2, 0.25) is 6.71 Å². The molecule has 2 aromatic heterocycles. The SMILES string of the molecule is [2H]c1c([2H])c(-n2c3c([2H])c([2H])c([2H])c([2H])c3c3c([2H])c([2H])c([2H])c([2H])c32)c([2H])c2c1B1c3c(cc(-c4ccc5c(c4)Oc4ccccc4C5(C)C)cc3N(c3c(-c4ccccc4)cc(C(C)(C)C)cc3-c3ccccc3)c3c([2H])c(-n4c5c([2H])c([2H])c([2H])c([2H])c5c5c([2H])c([2H])c([2H])c([2H])c54)c([2H])c([2H])c31)S2. The van der Waals surface area contributed by atoms with Crippen LogP contribution in [0.2, 0.25) is 0 Å². The van der Waals surface area contributed by atoms with Crippen molar-refractivity contribution in [2.75, 3.05) is 4.90 Å². The maximum atomic E-state index is 11.4. The number of ether oxygens (including phenoxy) is 1. The third-order valence-corrected chi connectivity index (χ3v) is 18.0. The summed E-state index contributed by atoms with van der Waals surface area (Å²) in [6.45, 7) is 8.95. The molecule has 0 saturated heterocycles. The van der Waals surface area contributed by atoms with E-state index in [4.69, 9.17) is 15.7 Å². The summed E-state index contributed by atoms with van der Waals surface area (Å²) in [5.74, 6) is 1.18. The van der Waals surface area contributed by atoms with E-state index in [1.165, 1.54) is 0 Å². The van der Waals surface area contributed by atoms with Gasteiger partial charge in [-0.1, -0.05) is 227 Å². The van der Waals surface area contributed by atoms with Crippen molar-refractivity contribution in [3.8, 4) is 56.3 Å². The van der Waals surface area contributed by atoms with E-state index in [0.717, 1.165) is 37.6 Å². The molecular weight excluding hydrogens is 1050 g/mol. The highest BCUT2D eigenvalue weighted by atomic mass is 32.2. The monoisotopic (exact) mass is 1130 g/mol. The van der Waals surface area contributed by atoms with E-state index < -0.39 is 184 Å². The van der Waals surface area contributed by atoms with Crippen molar-refractivity contribution in [2.45, 2.75) is 55.2 Å². The fraction of sp³-hybridized carbons (Fsp3) is 0.0886. The minimum atomic E-state index is -1.51. The first-order valence-corrected chi connectivity index (χ1v) is 28.7. The predicted molar refractivity (Wildman–Crippen MR) is 359 cm³/mol. The Hall–Kier alpha value is -9.75. The van der Waals surface area contributed by atoms with Crippen molar-refractivity contribution in [2.24, 2.45) is 0 Å². The van der Waals surface area contributed by atoms with Gasteiger partial charge in [0.05, 0.1) is 57.9 Å². The third-order valence-electron chi connectivity index (χ3n) is 16.9. The Kier molecular flexibility index (Phi) is 7.09. The van der Waals surface area contributed by atoms with Crippen molar-refractivity contribution in [3.05, 3.63) is 277 Å². The van der Waals surface area contributed by atoms with Crippen LogP contribution in [0.3, 0.4) is 0 Å². The van der Waals surface area contributed by atoms with Crippen molar-refractivity contribution < 1.29 is 34.9 Å². The second kappa shape index (κ2) is 18.6. The van der Waals surface area contributed by atoms with Crippen LogP contribution in [0.1, 0.15) is 81.5 Å². The average molecular weight is 1130 g/mol. The van der Waals surface area contributed by atoms with Crippen LogP contribution < -0.4 is 26.0 Å². The molecular formula is C79H58BN3OS. The number of anilines is 3. The number of rotatable bonds is 6. The molecule has 85 heavy (non-hydrogen) atoms. The lowest BCUT2D eigenvalue weighted by molar-refractivity contribution is 0.418. The van der Waals surface area contributed by atoms with Crippen molar-refractivity contribution in [1.82, 2.24) is 9.13 Å². The van der Waals surface area contributed by atoms with Gasteiger partial charge in [-0.15, -0.1) is 0 Å². The normalized spacial score (nSPS) is 17.4. The Morgan fingerprint density at radius 2 is 0.976 bits per heavy atom. The number of para-hydroxylation sites is 5. The minimum Gasteiger partial charge on any atom is -0.457 e. The van der Waals surface area contributed by atoms with Gasteiger partial charge in [-0.05, 0) is 129 Å². The fourth-order valence-corrected chi connectivity index (χ4v) is 14.0. The highest BCUT2D eigenvalue weighted by Gasteiger charge is 2.44. The molecule has 0 saturated carbocycles. The average Bonchev–Trinajstić information content (AvgIpc) is 1.51. The Balaban J connectivity index is 1.09. The summed E-state index contributed by atoms with van der Waals surface area (Å²) in [6, 6.07) is 25.2. The van der Waals surface area contributed by atoms with Gasteiger partial charge in [0, 0.05) is 81.8 Å². The number of hydrogen-bond donors (Lipinski definition) is 0. The molecule has 0 bridgehead atoms. The molecule has 4 nitrogen and oxygen atoms in total. The van der Waals surface area contributed by atoms with Crippen molar-refractivity contribution in [1.29, 1.82) is 0 Å². The quantitative estimate of drug-likeness (QED) is 0.155. The van der Waals surface area contributed by atoms with Crippen LogP contribution in [0.5, 0.6) is 11.5 Å². The zero-order valence-electron chi connectivity index (χ0n) is 68.4. The maximum absolute atomic E-state index is 11.4. The Morgan fingerprint density at radius 3 is 1.55 bits per heavy atom. The molecule has 17 rings (SSSR count). The van der Waals surface area contributed by atoms with Gasteiger partial charge >= 0.3 is 0 Å². The molecule has 0 unspecified atom stereocenters. The van der Waals surface area contributed by atoms with Gasteiger partial charge in [0.15, 0.2) is 0 Å². The molecule has 5 heterocycles. The topological polar surface area (TPSA) is 22.3 Å². The van der Waals surface area contributed by atoms with E-state index in [2.05, 4.69) is 46.8 Å². The lowest BCUT2D eigenvalue weighted by Crippen LogP contribution is -2.60. The van der Waals surface area contributed by atoms with Crippen LogP contribution >= 0.6 is 11.8 Å². The second-order valence-electron chi connectivity index (χ2n) is 23.1. The molecule has 0 amide bonds. The minimum absolute atomic E-state index is 0.0507. The molecule has 404 valence electrons. The number of nitrogens with zero attached hydrogens (tertiary/aromatic N) is 3. The largest absolute Gasteiger partial charge is 0.457 e. The van der Waals surface area contributed by atoms with Gasteiger partial charge in [0.1, 0.15) is 11.5 Å². The molecule has 0 spiro atoms. The molecule has 6 heteroatoms. The maximum Gasteiger partial charge on any atom is 0.249 e. The first-order chi connectivity index (χ1) is 50.7. The molecule has 0 fully saturated rings. The second-order valence-corrected chi connectivity index (χ2v) is 24.2. The number of fused-ring (bicyclic) bond motifs is 12. The zero-order chi connectivity index (χ0) is 76.0. The smallest absolute Gasteiger partial charge is 0.249 e. The van der Waals surface area contributed by atoms with Gasteiger partial charge < -0.3 is 18.8 Å². The van der Waals surface area contributed by atoms with E-state index in [9.17, 15) is 19.2 Å². The van der Waals surface area contributed by atoms with Gasteiger partial charge in [-0.3, -0.25) is 0 Å². The molecule has 14 aromatic rings. The Labute approximate surface area is 531 Å². The van der Waals surface area contributed by atoms with Gasteiger partial charge in [0.25, 0.3) is 0 Å². The van der Waals surface area contributed by atoms with Crippen LogP contribution in [0.15, 0.2) is 270 Å². The molecule has 3 aliphatic heterocycles. The van der Waals surface area contributed by atoms with E-state index in [1.807, 2.05) is 120 Å². The fourth-order valence-electron chi connectivity index (χ4n) is 12.8. The molecule has 12 aromatic carbocycles. The summed E-state index contributed by atoms with van der Waals surface area (Å²) in [4.78, 5) is 2.18. The van der Waals surface area contributed by atoms with Gasteiger partial charge in [-0.25, -0.2) is 0 Å². The summed E-state index contributed by atoms with van der Waals surface area (Å²) < 4.78 is 222. The van der Waals surface area contributed by atoms with Gasteiger partial charge in [-0.2, -0.15) is 0 Å². The zero-order valence-corrected chi connectivity index (χ0v) is 47.2. The lowest BCUT2D eigenvalue weighted by Gasteiger charge is -2.42. The molecule has 3 aliphatic rings. The Morgan fingerprint density at radius 1 is 0.459 bits per heavy atom. The number of aromatic nitrogens is 2. The third kappa shape index (κ3) is 7.57. The lowest BCUT2D eigenvalue weighted by atomic mass is 9.34. The summed E-state index contributed by atoms with van der Waals surface area (Å²) in [5.41, 5.74) is 3.40. The first kappa shape index (κ1) is 32.3. The standard InChI is InChI=1S/C79H58BN3OS/c1-78(2,3)53-45-60(49-22-8-6-9-23-49)77(61(46-53)50-24-10-7-11-25-50)83-70-47-54(81-66-31-17-12-26-56(66)57-27-13-18-32-67(57)81)37-40-64(70)80-65-41-38-55(82-68-33-19-14-28-58(68)59-29-15-20-34-69(59)82)48-74(65)85-75-44-52(42-71(83)76(75)80)51-36-39-63-73(43-51)84-72-35-21-16-30-62(72)79(63,4)5/h6-48H,1-5H3/i12D,13D,14D,15D,17D,18D,19D,20D,26D,27D,28D,29D,31D,32D,33D,34D,37D,38D,40D,41D,47D,48D. The molecule has 0 atom stereocenters. The number of hydrogen-bond acceptors (Lipinski definition) is 3. The summed E-state index contributed by atoms with van der Waals surface area (Å²) in [5, 5.41) is -1.35. The summed E-state index contributed by atoms with van der Waals surface area (Å²) >= 11 is 1.02. The summed E-state index contributed by atoms with van der Waals surface area (Å²) in [6.07, 6.45) is 0. The van der Waals surface area contributed by atoms with Crippen LogP contribution in [0.25, 0.3) is 88.4 Å². The van der Waals surface area contributed by atoms with Crippen molar-refractivity contribution in [3.63, 3.8) is 0 Å². The molecule has 0 radical (unpaired) electrons. The van der Waals surface area contributed by atoms with E-state index in [0.29, 0.717) is 66.6 Å². The van der Waals surface area contributed by atoms with E-state index in [1.54, 1.807) is 0 Å². The predicted octanol–water partition coefficient (Wildman–Crippen LogP) is 19.4. The van der Waals surface area contributed by atoms with E-state index >= 15 is 0 Å². The molecule has 0 N–H and O–H groups in total. The van der Waals surface area contributed by atoms with Crippen LogP contribution in [-0.4, -0.2) is 15.8 Å². The molecule has 0 aliphatic carbocycles. The Bertz CT molecular complexity index is 6240. The highest BCUT2D eigenvalue weighted by Crippen LogP contribution is 2.54. The van der Waals surface area contributed by atoms with Crippen molar-refractivity contribution >= 4 is 95.5 Å². The van der Waals surface area contributed by atoms with E-state index in [-0.39, 0.29) is 43.1 Å². The first-order valence-electron chi connectivity index (χ1n) is 38.9. The van der Waals surface area contributed by atoms with Crippen LogP contribution in [-0.2, 0) is 10.8 Å². The number of benzene rings is 12. The summed E-state index contributed by atoms with van der Waals surface area (Å²) in [7, 11) is 0. The van der Waals surface area contributed by atoms with Crippen LogP contribution in [0.4, 0.5) is 17.1 Å². The van der Waals surface area contributed by atoms with Crippen LogP contribution in [0, 0.1) is 0 Å².